The summed E-state index contributed by atoms with van der Waals surface area (Å²) in [5.74, 6) is -1.60. The minimum Gasteiger partial charge on any atom is -0.507 e. The predicted molar refractivity (Wildman–Crippen MR) is 67.7 cm³/mol. The molecule has 1 N–H and O–H groups in total. The van der Waals surface area contributed by atoms with Gasteiger partial charge in [-0.2, -0.15) is 0 Å². The van der Waals surface area contributed by atoms with E-state index in [4.69, 9.17) is 0 Å². The van der Waals surface area contributed by atoms with Gasteiger partial charge in [-0.3, -0.25) is 4.79 Å². The van der Waals surface area contributed by atoms with Crippen molar-refractivity contribution in [2.24, 2.45) is 0 Å². The van der Waals surface area contributed by atoms with Crippen LogP contribution in [0.4, 0.5) is 8.78 Å². The van der Waals surface area contributed by atoms with Crippen LogP contribution in [0.3, 0.4) is 0 Å². The smallest absolute Gasteiger partial charge is 0.189 e. The molecular formula is C15H10F2O2. The van der Waals surface area contributed by atoms with E-state index in [1.54, 1.807) is 0 Å². The van der Waals surface area contributed by atoms with Gasteiger partial charge in [0.05, 0.1) is 0 Å². The fraction of sp³-hybridized carbons (Fsp3) is 0. The van der Waals surface area contributed by atoms with E-state index < -0.39 is 17.4 Å². The lowest BCUT2D eigenvalue weighted by Crippen LogP contribution is -1.96. The number of rotatable bonds is 3. The molecule has 0 aliphatic rings. The molecule has 0 atom stereocenters. The molecule has 0 unspecified atom stereocenters. The van der Waals surface area contributed by atoms with E-state index in [0.29, 0.717) is 5.56 Å². The Labute approximate surface area is 108 Å². The molecule has 0 amide bonds. The number of hydrogen-bond donors (Lipinski definition) is 1. The van der Waals surface area contributed by atoms with E-state index in [1.807, 2.05) is 0 Å². The highest BCUT2D eigenvalue weighted by Gasteiger charge is 2.06. The van der Waals surface area contributed by atoms with E-state index >= 15 is 0 Å². The van der Waals surface area contributed by atoms with Crippen LogP contribution in [-0.4, -0.2) is 10.9 Å². The molecule has 2 nitrogen and oxygen atoms in total. The van der Waals surface area contributed by atoms with E-state index in [-0.39, 0.29) is 11.3 Å². The third-order valence-corrected chi connectivity index (χ3v) is 2.54. The zero-order valence-corrected chi connectivity index (χ0v) is 9.81. The van der Waals surface area contributed by atoms with Gasteiger partial charge in [-0.1, -0.05) is 0 Å². The number of carbonyl (C=O) groups excluding carboxylic acids is 1. The van der Waals surface area contributed by atoms with Gasteiger partial charge in [0.2, 0.25) is 0 Å². The first-order chi connectivity index (χ1) is 9.06. The molecule has 2 aromatic rings. The topological polar surface area (TPSA) is 37.3 Å². The minimum absolute atomic E-state index is 0.259. The zero-order chi connectivity index (χ0) is 13.8. The summed E-state index contributed by atoms with van der Waals surface area (Å²) in [7, 11) is 0. The highest BCUT2D eigenvalue weighted by molar-refractivity contribution is 6.07. The van der Waals surface area contributed by atoms with Gasteiger partial charge in [-0.05, 0) is 48.5 Å². The van der Waals surface area contributed by atoms with Gasteiger partial charge in [-0.15, -0.1) is 0 Å². The van der Waals surface area contributed by atoms with Crippen molar-refractivity contribution < 1.29 is 18.7 Å². The van der Waals surface area contributed by atoms with Crippen molar-refractivity contribution in [2.75, 3.05) is 0 Å². The Bertz CT molecular complexity index is 614. The largest absolute Gasteiger partial charge is 0.507 e. The average Bonchev–Trinajstić information content (AvgIpc) is 2.40. The summed E-state index contributed by atoms with van der Waals surface area (Å²) < 4.78 is 25.4. The second kappa shape index (κ2) is 5.44. The zero-order valence-electron chi connectivity index (χ0n) is 9.81. The molecule has 4 heteroatoms. The van der Waals surface area contributed by atoms with Gasteiger partial charge in [0, 0.05) is 17.2 Å². The van der Waals surface area contributed by atoms with Crippen molar-refractivity contribution in [2.45, 2.75) is 0 Å². The number of carbonyl (C=O) groups is 1. The van der Waals surface area contributed by atoms with Gasteiger partial charge in [0.15, 0.2) is 5.78 Å². The Balaban J connectivity index is 2.22. The van der Waals surface area contributed by atoms with Gasteiger partial charge in [-0.25, -0.2) is 8.78 Å². The number of aliphatic hydroxyl groups excluding tert-OH is 1. The van der Waals surface area contributed by atoms with Crippen LogP contribution < -0.4 is 0 Å². The van der Waals surface area contributed by atoms with Crippen LogP contribution in [-0.2, 0) is 0 Å². The Morgan fingerprint density at radius 3 is 1.74 bits per heavy atom. The molecule has 19 heavy (non-hydrogen) atoms. The highest BCUT2D eigenvalue weighted by Crippen LogP contribution is 2.14. The third kappa shape index (κ3) is 3.25. The number of benzene rings is 2. The summed E-state index contributed by atoms with van der Waals surface area (Å²) >= 11 is 0. The maximum absolute atomic E-state index is 12.7. The van der Waals surface area contributed by atoms with Crippen molar-refractivity contribution in [3.8, 4) is 0 Å². The monoisotopic (exact) mass is 260 g/mol. The van der Waals surface area contributed by atoms with E-state index in [0.717, 1.165) is 18.2 Å². The van der Waals surface area contributed by atoms with Gasteiger partial charge < -0.3 is 5.11 Å². The molecule has 0 bridgehead atoms. The summed E-state index contributed by atoms with van der Waals surface area (Å²) in [5, 5.41) is 9.74. The Morgan fingerprint density at radius 1 is 0.842 bits per heavy atom. The SMILES string of the molecule is O=C(C=C(O)c1ccc(F)cc1)c1ccc(F)cc1. The first-order valence-corrected chi connectivity index (χ1v) is 5.53. The van der Waals surface area contributed by atoms with Crippen molar-refractivity contribution in [1.82, 2.24) is 0 Å². The van der Waals surface area contributed by atoms with Crippen LogP contribution >= 0.6 is 0 Å². The summed E-state index contributed by atoms with van der Waals surface area (Å²) in [4.78, 5) is 11.8. The summed E-state index contributed by atoms with van der Waals surface area (Å²) in [6.07, 6.45) is 1.01. The van der Waals surface area contributed by atoms with Crippen LogP contribution in [0.2, 0.25) is 0 Å². The molecule has 0 heterocycles. The average molecular weight is 260 g/mol. The lowest BCUT2D eigenvalue weighted by molar-refractivity contribution is 0.104. The number of aliphatic hydroxyl groups is 1. The third-order valence-electron chi connectivity index (χ3n) is 2.54. The van der Waals surface area contributed by atoms with Crippen molar-refractivity contribution >= 4 is 11.5 Å². The predicted octanol–water partition coefficient (Wildman–Crippen LogP) is 3.75. The first-order valence-electron chi connectivity index (χ1n) is 5.53. The maximum atomic E-state index is 12.7. The number of halogens is 2. The van der Waals surface area contributed by atoms with Crippen molar-refractivity contribution in [3.63, 3.8) is 0 Å². The van der Waals surface area contributed by atoms with Crippen molar-refractivity contribution in [3.05, 3.63) is 77.4 Å². The molecule has 2 aromatic carbocycles. The van der Waals surface area contributed by atoms with Crippen LogP contribution in [0.25, 0.3) is 5.76 Å². The Kier molecular flexibility index (Phi) is 3.71. The van der Waals surface area contributed by atoms with E-state index in [9.17, 15) is 18.7 Å². The Morgan fingerprint density at radius 2 is 1.26 bits per heavy atom. The van der Waals surface area contributed by atoms with Crippen LogP contribution in [0, 0.1) is 11.6 Å². The number of ketones is 1. The molecule has 0 radical (unpaired) electrons. The number of allylic oxidation sites excluding steroid dienone is 1. The van der Waals surface area contributed by atoms with Gasteiger partial charge >= 0.3 is 0 Å². The second-order valence-electron chi connectivity index (χ2n) is 3.91. The fourth-order valence-corrected chi connectivity index (χ4v) is 1.53. The maximum Gasteiger partial charge on any atom is 0.189 e. The molecule has 0 saturated carbocycles. The van der Waals surface area contributed by atoms with Crippen molar-refractivity contribution in [1.29, 1.82) is 0 Å². The Hall–Kier alpha value is -2.49. The molecule has 0 spiro atoms. The van der Waals surface area contributed by atoms with Gasteiger partial charge in [0.25, 0.3) is 0 Å². The highest BCUT2D eigenvalue weighted by atomic mass is 19.1. The fourth-order valence-electron chi connectivity index (χ4n) is 1.53. The standard InChI is InChI=1S/C15H10F2O2/c16-12-5-1-10(2-6-12)14(18)9-15(19)11-3-7-13(17)8-4-11/h1-9,18H. The van der Waals surface area contributed by atoms with Gasteiger partial charge in [0.1, 0.15) is 17.4 Å². The molecule has 0 aliphatic carbocycles. The van der Waals surface area contributed by atoms with Crippen LogP contribution in [0.1, 0.15) is 15.9 Å². The lowest BCUT2D eigenvalue weighted by Gasteiger charge is -2.00. The molecule has 0 aliphatic heterocycles. The van der Waals surface area contributed by atoms with Crippen LogP contribution in [0.5, 0.6) is 0 Å². The normalized spacial score (nSPS) is 11.4. The first kappa shape index (κ1) is 13.0. The van der Waals surface area contributed by atoms with Crippen LogP contribution in [0.15, 0.2) is 54.6 Å². The molecular weight excluding hydrogens is 250 g/mol. The van der Waals surface area contributed by atoms with E-state index in [2.05, 4.69) is 0 Å². The second-order valence-corrected chi connectivity index (χ2v) is 3.91. The molecule has 0 fully saturated rings. The number of hydrogen-bond acceptors (Lipinski definition) is 2. The molecule has 0 aromatic heterocycles. The van der Waals surface area contributed by atoms with E-state index in [1.165, 1.54) is 36.4 Å². The lowest BCUT2D eigenvalue weighted by atomic mass is 10.1. The quantitative estimate of drug-likeness (QED) is 0.518. The molecule has 2 rings (SSSR count). The molecule has 0 saturated heterocycles. The molecule has 96 valence electrons. The minimum atomic E-state index is -0.457. The summed E-state index contributed by atoms with van der Waals surface area (Å²) in [5.41, 5.74) is 0.590. The summed E-state index contributed by atoms with van der Waals surface area (Å²) in [6, 6.07) is 10.1. The summed E-state index contributed by atoms with van der Waals surface area (Å²) in [6.45, 7) is 0.